The molecular formula is C12H12O2Y-2. The summed E-state index contributed by atoms with van der Waals surface area (Å²) in [6, 6.07) is 10.5. The van der Waals surface area contributed by atoms with E-state index in [-0.39, 0.29) is 46.1 Å². The largest absolute Gasteiger partial charge is 0.458 e. The summed E-state index contributed by atoms with van der Waals surface area (Å²) in [7, 11) is 0. The molecule has 1 aliphatic heterocycles. The third-order valence-corrected chi connectivity index (χ3v) is 2.17. The van der Waals surface area contributed by atoms with Gasteiger partial charge in [-0.25, -0.2) is 4.79 Å². The molecule has 2 rings (SSSR count). The zero-order valence-electron chi connectivity index (χ0n) is 8.91. The van der Waals surface area contributed by atoms with Gasteiger partial charge in [-0.1, -0.05) is 0 Å². The van der Waals surface area contributed by atoms with E-state index < -0.39 is 0 Å². The van der Waals surface area contributed by atoms with Gasteiger partial charge in [-0.05, 0) is 12.5 Å². The molecule has 1 aromatic rings. The van der Waals surface area contributed by atoms with Crippen LogP contribution in [0.2, 0.25) is 0 Å². The molecule has 1 heterocycles. The third kappa shape index (κ3) is 2.99. The number of benzene rings is 1. The van der Waals surface area contributed by atoms with Crippen molar-refractivity contribution >= 4 is 11.5 Å². The number of carbonyl (C=O) groups excluding carboxylic acids is 1. The average molecular weight is 277 g/mol. The van der Waals surface area contributed by atoms with E-state index in [2.05, 4.69) is 6.07 Å². The van der Waals surface area contributed by atoms with Gasteiger partial charge in [0.15, 0.2) is 0 Å². The summed E-state index contributed by atoms with van der Waals surface area (Å²) in [6.07, 6.45) is 0. The summed E-state index contributed by atoms with van der Waals surface area (Å²) < 4.78 is 4.91. The maximum Gasteiger partial charge on any atom is 0.334 e. The summed E-state index contributed by atoms with van der Waals surface area (Å²) in [5.74, 6) is -0.206. The topological polar surface area (TPSA) is 26.3 Å². The minimum absolute atomic E-state index is 0. The zero-order chi connectivity index (χ0) is 9.26. The average Bonchev–Trinajstić information content (AvgIpc) is 2.49. The van der Waals surface area contributed by atoms with E-state index in [1.807, 2.05) is 24.3 Å². The summed E-state index contributed by atoms with van der Waals surface area (Å²) in [5, 5.41) is 0. The SMILES string of the molecule is CC1=C(c2cc[c-]cc2)COC1=O.[CH3-].[Y]. The van der Waals surface area contributed by atoms with E-state index in [4.69, 9.17) is 4.74 Å². The summed E-state index contributed by atoms with van der Waals surface area (Å²) >= 11 is 0. The van der Waals surface area contributed by atoms with Crippen molar-refractivity contribution in [1.29, 1.82) is 0 Å². The molecule has 0 saturated carbocycles. The van der Waals surface area contributed by atoms with E-state index in [0.29, 0.717) is 12.2 Å². The molecule has 0 aromatic heterocycles. The van der Waals surface area contributed by atoms with Crippen molar-refractivity contribution in [3.63, 3.8) is 0 Å². The number of hydrogen-bond donors (Lipinski definition) is 0. The maximum atomic E-state index is 11.1. The molecule has 0 unspecified atom stereocenters. The summed E-state index contributed by atoms with van der Waals surface area (Å²) in [5.41, 5.74) is 2.74. The molecule has 3 heteroatoms. The van der Waals surface area contributed by atoms with Crippen LogP contribution in [-0.2, 0) is 42.2 Å². The van der Waals surface area contributed by atoms with Crippen molar-refractivity contribution in [2.45, 2.75) is 6.92 Å². The molecule has 0 fully saturated rings. The Balaban J connectivity index is 0.000000980. The number of rotatable bonds is 1. The molecule has 1 radical (unpaired) electrons. The normalized spacial score (nSPS) is 14.1. The smallest absolute Gasteiger partial charge is 0.334 e. The van der Waals surface area contributed by atoms with Gasteiger partial charge in [-0.3, -0.25) is 0 Å². The Hall–Kier alpha value is -0.466. The first-order valence-electron chi connectivity index (χ1n) is 4.12. The van der Waals surface area contributed by atoms with Crippen molar-refractivity contribution < 1.29 is 42.2 Å². The molecule has 0 aliphatic carbocycles. The number of ether oxygens (including phenoxy) is 1. The van der Waals surface area contributed by atoms with Crippen molar-refractivity contribution in [1.82, 2.24) is 0 Å². The van der Waals surface area contributed by atoms with Crippen LogP contribution in [0.25, 0.3) is 5.57 Å². The summed E-state index contributed by atoms with van der Waals surface area (Å²) in [4.78, 5) is 11.1. The van der Waals surface area contributed by atoms with Crippen molar-refractivity contribution in [3.8, 4) is 0 Å². The standard InChI is InChI=1S/C11H9O2.CH3.Y/c1-8-10(7-13-11(8)12)9-5-3-2-4-6-9;;/h3-6H,7H2,1H3;1H3;/q2*-1;. The molecule has 0 spiro atoms. The number of cyclic esters (lactones) is 1. The molecule has 2 nitrogen and oxygen atoms in total. The Labute approximate surface area is 116 Å². The Kier molecular flexibility index (Phi) is 6.00. The molecule has 1 aromatic carbocycles. The molecule has 1 aliphatic rings. The van der Waals surface area contributed by atoms with Gasteiger partial charge in [-0.2, -0.15) is 30.3 Å². The van der Waals surface area contributed by atoms with Crippen LogP contribution in [-0.4, -0.2) is 12.6 Å². The number of hydrogen-bond acceptors (Lipinski definition) is 2. The van der Waals surface area contributed by atoms with Crippen LogP contribution >= 0.6 is 0 Å². The minimum atomic E-state index is -0.206. The predicted molar refractivity (Wildman–Crippen MR) is 55.2 cm³/mol. The van der Waals surface area contributed by atoms with Gasteiger partial charge in [0.05, 0.1) is 0 Å². The van der Waals surface area contributed by atoms with Gasteiger partial charge in [-0.15, -0.1) is 5.56 Å². The van der Waals surface area contributed by atoms with Crippen LogP contribution < -0.4 is 0 Å². The van der Waals surface area contributed by atoms with Gasteiger partial charge in [0.2, 0.25) is 0 Å². The Morgan fingerprint density at radius 3 is 2.40 bits per heavy atom. The molecule has 15 heavy (non-hydrogen) atoms. The quantitative estimate of drug-likeness (QED) is 0.581. The first-order valence-corrected chi connectivity index (χ1v) is 4.12. The number of esters is 1. The zero-order valence-corrected chi connectivity index (χ0v) is 11.7. The third-order valence-electron chi connectivity index (χ3n) is 2.17. The molecular weight excluding hydrogens is 265 g/mol. The Morgan fingerprint density at radius 1 is 1.33 bits per heavy atom. The monoisotopic (exact) mass is 277 g/mol. The maximum absolute atomic E-state index is 11.1. The van der Waals surface area contributed by atoms with Crippen LogP contribution in [0.15, 0.2) is 29.8 Å². The Morgan fingerprint density at radius 2 is 1.93 bits per heavy atom. The first kappa shape index (κ1) is 14.5. The summed E-state index contributed by atoms with van der Waals surface area (Å²) in [6.45, 7) is 2.19. The van der Waals surface area contributed by atoms with E-state index in [9.17, 15) is 4.79 Å². The second-order valence-corrected chi connectivity index (χ2v) is 2.97. The van der Waals surface area contributed by atoms with Crippen LogP contribution in [0.4, 0.5) is 0 Å². The van der Waals surface area contributed by atoms with Crippen LogP contribution in [0.3, 0.4) is 0 Å². The fourth-order valence-electron chi connectivity index (χ4n) is 1.37. The fourth-order valence-corrected chi connectivity index (χ4v) is 1.37. The van der Waals surface area contributed by atoms with E-state index in [1.54, 1.807) is 6.92 Å². The van der Waals surface area contributed by atoms with Crippen LogP contribution in [0.1, 0.15) is 12.5 Å². The minimum Gasteiger partial charge on any atom is -0.458 e. The van der Waals surface area contributed by atoms with Gasteiger partial charge in [0.1, 0.15) is 6.61 Å². The van der Waals surface area contributed by atoms with E-state index in [1.165, 1.54) is 0 Å². The second kappa shape index (κ2) is 6.19. The molecule has 0 atom stereocenters. The van der Waals surface area contributed by atoms with Crippen LogP contribution in [0, 0.1) is 13.5 Å². The van der Waals surface area contributed by atoms with Crippen LogP contribution in [0.5, 0.6) is 0 Å². The molecule has 0 bridgehead atoms. The fraction of sp³-hybridized carbons (Fsp3) is 0.167. The molecule has 0 N–H and O–H groups in total. The van der Waals surface area contributed by atoms with Gasteiger partial charge >= 0.3 is 5.97 Å². The van der Waals surface area contributed by atoms with Crippen molar-refractivity contribution in [3.05, 3.63) is 48.9 Å². The second-order valence-electron chi connectivity index (χ2n) is 2.97. The first-order chi connectivity index (χ1) is 6.29. The van der Waals surface area contributed by atoms with Crippen molar-refractivity contribution in [2.75, 3.05) is 6.61 Å². The number of carbonyl (C=O) groups is 1. The van der Waals surface area contributed by atoms with E-state index >= 15 is 0 Å². The predicted octanol–water partition coefficient (Wildman–Crippen LogP) is 2.26. The van der Waals surface area contributed by atoms with Gasteiger partial charge in [0, 0.05) is 38.3 Å². The van der Waals surface area contributed by atoms with Gasteiger partial charge in [0.25, 0.3) is 0 Å². The van der Waals surface area contributed by atoms with Crippen molar-refractivity contribution in [2.24, 2.45) is 0 Å². The van der Waals surface area contributed by atoms with Gasteiger partial charge < -0.3 is 12.2 Å². The Bertz CT molecular complexity index is 368. The molecule has 0 saturated heterocycles. The van der Waals surface area contributed by atoms with E-state index in [0.717, 1.165) is 11.1 Å². The molecule has 0 amide bonds. The molecule has 77 valence electrons.